The highest BCUT2D eigenvalue weighted by Gasteiger charge is 2.13. The minimum atomic E-state index is -0.546. The number of hydrogen-bond donors (Lipinski definition) is 1. The number of likely N-dealkylation sites (N-methyl/N-ethyl adjacent to an activating group) is 1. The number of ether oxygens (including phenoxy) is 1. The standard InChI is InChI=1S/C14H18ClN3O3/c1-18(7-12(19)9-20-2)8-13-16-17-14(21-13)10-4-3-5-11(15)6-10/h3-6,12,19H,7-9H2,1-2H3/t12-/m1/s1. The van der Waals surface area contributed by atoms with E-state index in [0.717, 1.165) is 5.56 Å². The molecule has 0 aliphatic rings. The molecule has 0 amide bonds. The van der Waals surface area contributed by atoms with Crippen LogP contribution in [-0.4, -0.2) is 53.6 Å². The Morgan fingerprint density at radius 1 is 1.43 bits per heavy atom. The van der Waals surface area contributed by atoms with Gasteiger partial charge in [-0.25, -0.2) is 0 Å². The highest BCUT2D eigenvalue weighted by Crippen LogP contribution is 2.21. The molecule has 0 bridgehead atoms. The van der Waals surface area contributed by atoms with E-state index >= 15 is 0 Å². The van der Waals surface area contributed by atoms with Crippen molar-refractivity contribution in [3.05, 3.63) is 35.2 Å². The molecule has 1 atom stereocenters. The van der Waals surface area contributed by atoms with Gasteiger partial charge in [0.2, 0.25) is 11.8 Å². The van der Waals surface area contributed by atoms with Gasteiger partial charge in [0.05, 0.1) is 19.3 Å². The van der Waals surface area contributed by atoms with Crippen molar-refractivity contribution in [3.63, 3.8) is 0 Å². The van der Waals surface area contributed by atoms with Gasteiger partial charge in [-0.15, -0.1) is 10.2 Å². The molecule has 1 heterocycles. The molecular weight excluding hydrogens is 294 g/mol. The number of nitrogens with zero attached hydrogens (tertiary/aromatic N) is 3. The van der Waals surface area contributed by atoms with E-state index in [0.29, 0.717) is 36.5 Å². The Morgan fingerprint density at radius 3 is 2.95 bits per heavy atom. The van der Waals surface area contributed by atoms with Crippen molar-refractivity contribution in [2.45, 2.75) is 12.6 Å². The monoisotopic (exact) mass is 311 g/mol. The summed E-state index contributed by atoms with van der Waals surface area (Å²) >= 11 is 5.94. The summed E-state index contributed by atoms with van der Waals surface area (Å²) in [6.07, 6.45) is -0.546. The van der Waals surface area contributed by atoms with Gasteiger partial charge >= 0.3 is 0 Å². The minimum Gasteiger partial charge on any atom is -0.419 e. The van der Waals surface area contributed by atoms with Gasteiger partial charge < -0.3 is 14.3 Å². The van der Waals surface area contributed by atoms with Crippen LogP contribution in [0.2, 0.25) is 5.02 Å². The zero-order valence-corrected chi connectivity index (χ0v) is 12.7. The van der Waals surface area contributed by atoms with Crippen LogP contribution in [-0.2, 0) is 11.3 Å². The Kier molecular flexibility index (Phi) is 5.69. The van der Waals surface area contributed by atoms with Crippen molar-refractivity contribution in [2.24, 2.45) is 0 Å². The van der Waals surface area contributed by atoms with Gasteiger partial charge in [0.1, 0.15) is 0 Å². The van der Waals surface area contributed by atoms with E-state index in [1.54, 1.807) is 19.2 Å². The second-order valence-electron chi connectivity index (χ2n) is 4.82. The molecule has 0 unspecified atom stereocenters. The summed E-state index contributed by atoms with van der Waals surface area (Å²) in [5.74, 6) is 0.912. The Morgan fingerprint density at radius 2 is 2.24 bits per heavy atom. The molecule has 1 aromatic heterocycles. The third kappa shape index (κ3) is 4.78. The SMILES string of the molecule is COC[C@H](O)CN(C)Cc1nnc(-c2cccc(Cl)c2)o1. The smallest absolute Gasteiger partial charge is 0.247 e. The Labute approximate surface area is 128 Å². The summed E-state index contributed by atoms with van der Waals surface area (Å²) in [7, 11) is 3.42. The van der Waals surface area contributed by atoms with Crippen molar-refractivity contribution >= 4 is 11.6 Å². The van der Waals surface area contributed by atoms with E-state index in [-0.39, 0.29) is 0 Å². The van der Waals surface area contributed by atoms with E-state index in [1.807, 2.05) is 24.1 Å². The zero-order chi connectivity index (χ0) is 15.2. The largest absolute Gasteiger partial charge is 0.419 e. The van der Waals surface area contributed by atoms with Crippen molar-refractivity contribution in [2.75, 3.05) is 27.3 Å². The molecule has 2 rings (SSSR count). The summed E-state index contributed by atoms with van der Waals surface area (Å²) in [5.41, 5.74) is 0.781. The zero-order valence-electron chi connectivity index (χ0n) is 12.0. The normalized spacial score (nSPS) is 12.8. The van der Waals surface area contributed by atoms with Crippen LogP contribution in [0.4, 0.5) is 0 Å². The van der Waals surface area contributed by atoms with Crippen LogP contribution in [0, 0.1) is 0 Å². The van der Waals surface area contributed by atoms with Crippen LogP contribution in [0.1, 0.15) is 5.89 Å². The van der Waals surface area contributed by atoms with Crippen molar-refractivity contribution in [3.8, 4) is 11.5 Å². The van der Waals surface area contributed by atoms with E-state index in [1.165, 1.54) is 0 Å². The third-order valence-electron chi connectivity index (χ3n) is 2.83. The Hall–Kier alpha value is -1.47. The molecule has 1 N–H and O–H groups in total. The van der Waals surface area contributed by atoms with Crippen LogP contribution in [0.15, 0.2) is 28.7 Å². The fraction of sp³-hybridized carbons (Fsp3) is 0.429. The average molecular weight is 312 g/mol. The summed E-state index contributed by atoms with van der Waals surface area (Å²) in [5, 5.41) is 18.3. The first-order chi connectivity index (χ1) is 10.1. The molecule has 2 aromatic rings. The maximum absolute atomic E-state index is 9.66. The van der Waals surface area contributed by atoms with Crippen molar-refractivity contribution in [1.82, 2.24) is 15.1 Å². The lowest BCUT2D eigenvalue weighted by Crippen LogP contribution is -2.31. The van der Waals surface area contributed by atoms with Crippen LogP contribution in [0.25, 0.3) is 11.5 Å². The number of hydrogen-bond acceptors (Lipinski definition) is 6. The van der Waals surface area contributed by atoms with Crippen molar-refractivity contribution < 1.29 is 14.3 Å². The number of methoxy groups -OCH3 is 1. The lowest BCUT2D eigenvalue weighted by atomic mass is 10.2. The molecule has 0 aliphatic heterocycles. The second kappa shape index (κ2) is 7.51. The van der Waals surface area contributed by atoms with Crippen LogP contribution in [0.3, 0.4) is 0 Å². The van der Waals surface area contributed by atoms with Gasteiger partial charge in [-0.1, -0.05) is 17.7 Å². The van der Waals surface area contributed by atoms with Gasteiger partial charge in [0.25, 0.3) is 0 Å². The molecule has 0 radical (unpaired) electrons. The van der Waals surface area contributed by atoms with Gasteiger partial charge in [-0.2, -0.15) is 0 Å². The molecule has 7 heteroatoms. The molecule has 0 saturated carbocycles. The lowest BCUT2D eigenvalue weighted by Gasteiger charge is -2.18. The van der Waals surface area contributed by atoms with Crippen LogP contribution in [0.5, 0.6) is 0 Å². The number of halogens is 1. The first-order valence-electron chi connectivity index (χ1n) is 6.52. The predicted octanol–water partition coefficient (Wildman–Crippen LogP) is 1.83. The summed E-state index contributed by atoms with van der Waals surface area (Å²) in [6.45, 7) is 1.21. The maximum Gasteiger partial charge on any atom is 0.247 e. The quantitative estimate of drug-likeness (QED) is 0.841. The summed E-state index contributed by atoms with van der Waals surface area (Å²) in [6, 6.07) is 7.24. The lowest BCUT2D eigenvalue weighted by molar-refractivity contribution is 0.0404. The number of aliphatic hydroxyl groups is 1. The molecule has 1 aromatic carbocycles. The van der Waals surface area contributed by atoms with Crippen molar-refractivity contribution in [1.29, 1.82) is 0 Å². The first kappa shape index (κ1) is 15.9. The third-order valence-corrected chi connectivity index (χ3v) is 3.06. The average Bonchev–Trinajstić information content (AvgIpc) is 2.87. The molecule has 0 saturated heterocycles. The van der Waals surface area contributed by atoms with Gasteiger partial charge in [-0.3, -0.25) is 4.90 Å². The summed E-state index contributed by atoms with van der Waals surface area (Å²) in [4.78, 5) is 1.89. The van der Waals surface area contributed by atoms with E-state index < -0.39 is 6.10 Å². The molecule has 0 aliphatic carbocycles. The minimum absolute atomic E-state index is 0.294. The van der Waals surface area contributed by atoms with Crippen LogP contribution >= 0.6 is 11.6 Å². The van der Waals surface area contributed by atoms with Crippen LogP contribution < -0.4 is 0 Å². The fourth-order valence-corrected chi connectivity index (χ4v) is 2.15. The first-order valence-corrected chi connectivity index (χ1v) is 6.90. The van der Waals surface area contributed by atoms with E-state index in [4.69, 9.17) is 20.8 Å². The molecule has 6 nitrogen and oxygen atoms in total. The molecular formula is C14H18ClN3O3. The van der Waals surface area contributed by atoms with Gasteiger partial charge in [-0.05, 0) is 25.2 Å². The van der Waals surface area contributed by atoms with E-state index in [2.05, 4.69) is 10.2 Å². The van der Waals surface area contributed by atoms with Gasteiger partial charge in [0.15, 0.2) is 0 Å². The predicted molar refractivity (Wildman–Crippen MR) is 79.0 cm³/mol. The highest BCUT2D eigenvalue weighted by molar-refractivity contribution is 6.30. The van der Waals surface area contributed by atoms with Gasteiger partial charge in [0, 0.05) is 24.2 Å². The topological polar surface area (TPSA) is 71.6 Å². The number of benzene rings is 1. The fourth-order valence-electron chi connectivity index (χ4n) is 1.96. The second-order valence-corrected chi connectivity index (χ2v) is 5.25. The molecule has 0 spiro atoms. The number of aromatic nitrogens is 2. The molecule has 0 fully saturated rings. The highest BCUT2D eigenvalue weighted by atomic mass is 35.5. The molecule has 21 heavy (non-hydrogen) atoms. The molecule has 114 valence electrons. The number of rotatable bonds is 7. The Balaban J connectivity index is 1.97. The summed E-state index contributed by atoms with van der Waals surface area (Å²) < 4.78 is 10.5. The van der Waals surface area contributed by atoms with E-state index in [9.17, 15) is 5.11 Å². The maximum atomic E-state index is 9.66. The number of aliphatic hydroxyl groups excluding tert-OH is 1. The Bertz CT molecular complexity index is 576.